The topological polar surface area (TPSA) is 68.5 Å². The van der Waals surface area contributed by atoms with E-state index in [1.807, 2.05) is 42.5 Å². The summed E-state index contributed by atoms with van der Waals surface area (Å²) in [6.07, 6.45) is 3.10. The molecule has 0 aliphatic carbocycles. The molecule has 152 valence electrons. The van der Waals surface area contributed by atoms with Crippen molar-refractivity contribution in [3.63, 3.8) is 0 Å². The van der Waals surface area contributed by atoms with Crippen LogP contribution in [-0.4, -0.2) is 27.8 Å². The van der Waals surface area contributed by atoms with E-state index >= 15 is 0 Å². The van der Waals surface area contributed by atoms with Crippen LogP contribution in [0.1, 0.15) is 33.1 Å². The van der Waals surface area contributed by atoms with Crippen LogP contribution in [0.3, 0.4) is 0 Å². The van der Waals surface area contributed by atoms with E-state index in [-0.39, 0.29) is 18.2 Å². The number of amides is 1. The average molecular weight is 401 g/mol. The second-order valence-electron chi connectivity index (χ2n) is 7.27. The fourth-order valence-electron chi connectivity index (χ4n) is 3.31. The second kappa shape index (κ2) is 8.37. The first-order valence-corrected chi connectivity index (χ1v) is 9.74. The number of aromatic nitrogens is 2. The van der Waals surface area contributed by atoms with Gasteiger partial charge in [-0.2, -0.15) is 0 Å². The lowest BCUT2D eigenvalue weighted by Gasteiger charge is -2.18. The predicted molar refractivity (Wildman–Crippen MR) is 114 cm³/mol. The zero-order chi connectivity index (χ0) is 21.1. The molecule has 0 saturated heterocycles. The van der Waals surface area contributed by atoms with E-state index < -0.39 is 0 Å². The molecule has 6 heteroatoms. The van der Waals surface area contributed by atoms with Crippen LogP contribution in [0.15, 0.2) is 65.4 Å². The van der Waals surface area contributed by atoms with E-state index in [4.69, 9.17) is 9.15 Å². The molecular formula is C24H23N3O3. The molecule has 0 aliphatic heterocycles. The monoisotopic (exact) mass is 401 g/mol. The summed E-state index contributed by atoms with van der Waals surface area (Å²) < 4.78 is 11.3. The largest absolute Gasteiger partial charge is 0.482 e. The number of carbonyl (C=O) groups is 1. The maximum Gasteiger partial charge on any atom is 0.275 e. The molecule has 0 atom stereocenters. The molecule has 2 aromatic carbocycles. The van der Waals surface area contributed by atoms with Crippen LogP contribution < -0.4 is 4.74 Å². The fraction of sp³-hybridized carbons (Fsp3) is 0.208. The third-order valence-corrected chi connectivity index (χ3v) is 5.19. The lowest BCUT2D eigenvalue weighted by Crippen LogP contribution is -2.27. The highest BCUT2D eigenvalue weighted by atomic mass is 16.5. The predicted octanol–water partition coefficient (Wildman–Crippen LogP) is 4.69. The van der Waals surface area contributed by atoms with Gasteiger partial charge in [-0.15, -0.1) is 0 Å². The molecule has 30 heavy (non-hydrogen) atoms. The minimum absolute atomic E-state index is 0.115. The third kappa shape index (κ3) is 4.03. The molecule has 4 aromatic rings. The van der Waals surface area contributed by atoms with E-state index in [2.05, 4.69) is 29.9 Å². The van der Waals surface area contributed by atoms with Crippen molar-refractivity contribution in [2.45, 2.75) is 27.0 Å². The van der Waals surface area contributed by atoms with Gasteiger partial charge in [0.15, 0.2) is 12.3 Å². The average Bonchev–Trinajstić information content (AvgIpc) is 3.24. The highest BCUT2D eigenvalue weighted by Crippen LogP contribution is 2.24. The summed E-state index contributed by atoms with van der Waals surface area (Å²) in [5, 5.41) is 0.992. The van der Waals surface area contributed by atoms with Crippen LogP contribution in [0, 0.1) is 13.8 Å². The summed E-state index contributed by atoms with van der Waals surface area (Å²) in [6, 6.07) is 15.7. The smallest absolute Gasteiger partial charge is 0.275 e. The molecule has 4 rings (SSSR count). The number of carbonyl (C=O) groups excluding carboxylic acids is 1. The number of hydrogen-bond donors (Lipinski definition) is 0. The van der Waals surface area contributed by atoms with Gasteiger partial charge in [-0.25, -0.2) is 4.98 Å². The van der Waals surface area contributed by atoms with E-state index in [0.717, 1.165) is 16.5 Å². The molecule has 0 fully saturated rings. The molecule has 1 amide bonds. The van der Waals surface area contributed by atoms with Gasteiger partial charge in [0.1, 0.15) is 17.5 Å². The molecule has 0 bridgehead atoms. The van der Waals surface area contributed by atoms with Gasteiger partial charge in [0.25, 0.3) is 5.91 Å². The molecule has 0 spiro atoms. The summed E-state index contributed by atoms with van der Waals surface area (Å²) in [5.41, 5.74) is 4.54. The quantitative estimate of drug-likeness (QED) is 0.469. The molecule has 0 unspecified atom stereocenters. The number of ether oxygens (including phenoxy) is 1. The Hall–Kier alpha value is -3.67. The van der Waals surface area contributed by atoms with Crippen molar-refractivity contribution < 1.29 is 13.9 Å². The molecular weight excluding hydrogens is 378 g/mol. The summed E-state index contributed by atoms with van der Waals surface area (Å²) in [4.78, 5) is 23.1. The Balaban J connectivity index is 1.43. The molecule has 0 saturated carbocycles. The van der Waals surface area contributed by atoms with Crippen molar-refractivity contribution in [2.24, 2.45) is 0 Å². The number of aryl methyl sites for hydroxylation is 1. The van der Waals surface area contributed by atoms with Crippen LogP contribution in [0.5, 0.6) is 5.75 Å². The van der Waals surface area contributed by atoms with Crippen LogP contribution in [-0.2, 0) is 13.2 Å². The summed E-state index contributed by atoms with van der Waals surface area (Å²) >= 11 is 0. The van der Waals surface area contributed by atoms with Gasteiger partial charge in [-0.05, 0) is 42.7 Å². The first-order valence-electron chi connectivity index (χ1n) is 9.74. The molecule has 0 N–H and O–H groups in total. The van der Waals surface area contributed by atoms with Gasteiger partial charge in [0.05, 0.1) is 0 Å². The van der Waals surface area contributed by atoms with Gasteiger partial charge < -0.3 is 14.1 Å². The number of nitrogens with zero attached hydrogens (tertiary/aromatic N) is 3. The molecule has 6 nitrogen and oxygen atoms in total. The minimum atomic E-state index is -0.197. The van der Waals surface area contributed by atoms with Crippen molar-refractivity contribution in [1.29, 1.82) is 0 Å². The maximum atomic E-state index is 12.8. The first kappa shape index (κ1) is 19.6. The molecule has 2 heterocycles. The first-order chi connectivity index (χ1) is 14.5. The van der Waals surface area contributed by atoms with Crippen molar-refractivity contribution in [2.75, 3.05) is 7.05 Å². The number of para-hydroxylation sites is 1. The van der Waals surface area contributed by atoms with Crippen molar-refractivity contribution >= 4 is 16.8 Å². The summed E-state index contributed by atoms with van der Waals surface area (Å²) in [7, 11) is 1.76. The molecule has 0 radical (unpaired) electrons. The van der Waals surface area contributed by atoms with Gasteiger partial charge in [0, 0.05) is 25.2 Å². The third-order valence-electron chi connectivity index (χ3n) is 5.19. The zero-order valence-corrected chi connectivity index (χ0v) is 17.3. The number of benzene rings is 2. The summed E-state index contributed by atoms with van der Waals surface area (Å²) in [6.45, 7) is 4.75. The number of hydrogen-bond acceptors (Lipinski definition) is 5. The number of pyridine rings is 1. The van der Waals surface area contributed by atoms with E-state index in [9.17, 15) is 4.79 Å². The van der Waals surface area contributed by atoms with Gasteiger partial charge in [-0.3, -0.25) is 9.78 Å². The zero-order valence-electron chi connectivity index (χ0n) is 17.3. The maximum absolute atomic E-state index is 12.8. The van der Waals surface area contributed by atoms with Gasteiger partial charge >= 0.3 is 0 Å². The van der Waals surface area contributed by atoms with Crippen LogP contribution >= 0.6 is 0 Å². The van der Waals surface area contributed by atoms with E-state index in [1.54, 1.807) is 18.1 Å². The SMILES string of the molecule is Cc1cccc(CN(C)C(=O)c2coc(COc3cccc4cccnc34)n2)c1C. The highest BCUT2D eigenvalue weighted by molar-refractivity contribution is 5.91. The highest BCUT2D eigenvalue weighted by Gasteiger charge is 2.18. The Labute approximate surface area is 175 Å². The Morgan fingerprint density at radius 1 is 1.10 bits per heavy atom. The van der Waals surface area contributed by atoms with Crippen LogP contribution in [0.25, 0.3) is 10.9 Å². The normalized spacial score (nSPS) is 10.9. The number of oxazole rings is 1. The lowest BCUT2D eigenvalue weighted by molar-refractivity contribution is 0.0779. The Kier molecular flexibility index (Phi) is 5.48. The van der Waals surface area contributed by atoms with Gasteiger partial charge in [0.2, 0.25) is 5.89 Å². The Morgan fingerprint density at radius 2 is 1.90 bits per heavy atom. The van der Waals surface area contributed by atoms with E-state index in [1.165, 1.54) is 17.4 Å². The lowest BCUT2D eigenvalue weighted by atomic mass is 10.0. The van der Waals surface area contributed by atoms with Crippen LogP contribution in [0.4, 0.5) is 0 Å². The Bertz CT molecular complexity index is 1190. The standard InChI is InChI=1S/C24H23N3O3/c1-16-7-4-9-19(17(16)2)13-27(3)24(28)20-14-30-22(26-20)15-29-21-11-5-8-18-10-6-12-25-23(18)21/h4-12,14H,13,15H2,1-3H3. The fourth-order valence-corrected chi connectivity index (χ4v) is 3.31. The second-order valence-corrected chi connectivity index (χ2v) is 7.27. The van der Waals surface area contributed by atoms with E-state index in [0.29, 0.717) is 18.2 Å². The van der Waals surface area contributed by atoms with Crippen molar-refractivity contribution in [3.05, 3.63) is 89.3 Å². The molecule has 0 aliphatic rings. The Morgan fingerprint density at radius 3 is 2.77 bits per heavy atom. The molecule has 2 aromatic heterocycles. The van der Waals surface area contributed by atoms with Crippen LogP contribution in [0.2, 0.25) is 0 Å². The number of fused-ring (bicyclic) bond motifs is 1. The van der Waals surface area contributed by atoms with Crippen molar-refractivity contribution in [1.82, 2.24) is 14.9 Å². The van der Waals surface area contributed by atoms with Gasteiger partial charge in [-0.1, -0.05) is 36.4 Å². The summed E-state index contributed by atoms with van der Waals surface area (Å²) in [5.74, 6) is 0.787. The van der Waals surface area contributed by atoms with Crippen molar-refractivity contribution in [3.8, 4) is 5.75 Å². The minimum Gasteiger partial charge on any atom is -0.482 e. The number of rotatable bonds is 6.